The highest BCUT2D eigenvalue weighted by molar-refractivity contribution is 8.01. The van der Waals surface area contributed by atoms with Crippen molar-refractivity contribution in [1.82, 2.24) is 15.5 Å². The number of rotatable bonds is 6. The normalized spacial score (nSPS) is 24.9. The van der Waals surface area contributed by atoms with E-state index in [4.69, 9.17) is 4.74 Å². The Morgan fingerprint density at radius 2 is 2.16 bits per heavy atom. The van der Waals surface area contributed by atoms with Gasteiger partial charge in [-0.25, -0.2) is 0 Å². The van der Waals surface area contributed by atoms with Gasteiger partial charge in [0.1, 0.15) is 0 Å². The number of amides is 1. The van der Waals surface area contributed by atoms with Crippen molar-refractivity contribution in [2.45, 2.75) is 55.5 Å². The molecule has 0 spiro atoms. The molecule has 25 heavy (non-hydrogen) atoms. The number of nitrogens with zero attached hydrogens (tertiary/aromatic N) is 2. The molecule has 3 atom stereocenters. The van der Waals surface area contributed by atoms with Crippen LogP contribution in [0.3, 0.4) is 0 Å². The first-order valence-electron chi connectivity index (χ1n) is 8.34. The fourth-order valence-corrected chi connectivity index (χ4v) is 4.91. The third-order valence-corrected chi connectivity index (χ3v) is 6.38. The standard InChI is InChI=1S/C15H22N4O3S2.ClH/c1-2-22-12(20)8-23-15-19-18-14(24-15)17-13(21)11-7-9-5-3-4-6-10(9)16-11;/h9-11,16H,2-8H2,1H3,(H,17,18,21);1H. The van der Waals surface area contributed by atoms with Crippen molar-refractivity contribution in [3.05, 3.63) is 0 Å². The van der Waals surface area contributed by atoms with E-state index in [1.165, 1.54) is 48.8 Å². The summed E-state index contributed by atoms with van der Waals surface area (Å²) in [6, 6.07) is 0.345. The van der Waals surface area contributed by atoms with E-state index in [0.717, 1.165) is 6.42 Å². The van der Waals surface area contributed by atoms with Crippen LogP contribution in [0, 0.1) is 5.92 Å². The molecular formula is C15H23ClN4O3S2. The minimum absolute atomic E-state index is 0. The summed E-state index contributed by atoms with van der Waals surface area (Å²) in [6.45, 7) is 2.14. The number of hydrogen-bond donors (Lipinski definition) is 2. The molecule has 3 unspecified atom stereocenters. The van der Waals surface area contributed by atoms with Crippen molar-refractivity contribution in [2.75, 3.05) is 17.7 Å². The lowest BCUT2D eigenvalue weighted by Gasteiger charge is -2.24. The number of thioether (sulfide) groups is 1. The van der Waals surface area contributed by atoms with Gasteiger partial charge in [-0.15, -0.1) is 22.6 Å². The molecule has 1 aliphatic heterocycles. The molecule has 1 saturated heterocycles. The molecule has 2 N–H and O–H groups in total. The first-order chi connectivity index (χ1) is 11.7. The van der Waals surface area contributed by atoms with Crippen LogP contribution in [-0.2, 0) is 14.3 Å². The predicted octanol–water partition coefficient (Wildman–Crippen LogP) is 2.47. The van der Waals surface area contributed by atoms with Crippen molar-refractivity contribution in [2.24, 2.45) is 5.92 Å². The van der Waals surface area contributed by atoms with Crippen LogP contribution in [-0.4, -0.2) is 46.5 Å². The smallest absolute Gasteiger partial charge is 0.316 e. The molecule has 10 heteroatoms. The molecule has 0 radical (unpaired) electrons. The molecule has 140 valence electrons. The lowest BCUT2D eigenvalue weighted by Crippen LogP contribution is -2.39. The number of ether oxygens (including phenoxy) is 1. The highest BCUT2D eigenvalue weighted by Gasteiger charge is 2.38. The van der Waals surface area contributed by atoms with Crippen molar-refractivity contribution in [3.63, 3.8) is 0 Å². The van der Waals surface area contributed by atoms with Gasteiger partial charge in [0.2, 0.25) is 11.0 Å². The van der Waals surface area contributed by atoms with Crippen molar-refractivity contribution < 1.29 is 14.3 Å². The Hall–Kier alpha value is -0.900. The Labute approximate surface area is 161 Å². The number of anilines is 1. The fraction of sp³-hybridized carbons (Fsp3) is 0.733. The monoisotopic (exact) mass is 406 g/mol. The number of fused-ring (bicyclic) bond motifs is 1. The van der Waals surface area contributed by atoms with Crippen LogP contribution in [0.1, 0.15) is 39.0 Å². The zero-order valence-corrected chi connectivity index (χ0v) is 16.5. The minimum Gasteiger partial charge on any atom is -0.465 e. The molecule has 1 saturated carbocycles. The maximum absolute atomic E-state index is 12.4. The van der Waals surface area contributed by atoms with Gasteiger partial charge in [0, 0.05) is 6.04 Å². The summed E-state index contributed by atoms with van der Waals surface area (Å²) < 4.78 is 5.51. The van der Waals surface area contributed by atoms with Gasteiger partial charge in [-0.2, -0.15) is 0 Å². The third kappa shape index (κ3) is 5.54. The summed E-state index contributed by atoms with van der Waals surface area (Å²) in [6.07, 6.45) is 5.81. The fourth-order valence-electron chi connectivity index (χ4n) is 3.36. The van der Waals surface area contributed by atoms with Crippen LogP contribution in [0.2, 0.25) is 0 Å². The highest BCUT2D eigenvalue weighted by Crippen LogP contribution is 2.33. The second kappa shape index (κ2) is 9.70. The van der Waals surface area contributed by atoms with E-state index in [2.05, 4.69) is 20.8 Å². The average molecular weight is 407 g/mol. The number of carbonyl (C=O) groups excluding carboxylic acids is 2. The lowest BCUT2D eigenvalue weighted by molar-refractivity contribution is -0.139. The van der Waals surface area contributed by atoms with E-state index in [1.54, 1.807) is 6.92 Å². The largest absolute Gasteiger partial charge is 0.465 e. The van der Waals surface area contributed by atoms with Crippen molar-refractivity contribution in [3.8, 4) is 0 Å². The summed E-state index contributed by atoms with van der Waals surface area (Å²) in [4.78, 5) is 23.7. The zero-order chi connectivity index (χ0) is 16.9. The van der Waals surface area contributed by atoms with Gasteiger partial charge in [-0.1, -0.05) is 35.9 Å². The quantitative estimate of drug-likeness (QED) is 0.425. The lowest BCUT2D eigenvalue weighted by atomic mass is 9.85. The Morgan fingerprint density at radius 1 is 1.36 bits per heavy atom. The van der Waals surface area contributed by atoms with E-state index >= 15 is 0 Å². The molecule has 3 rings (SSSR count). The summed E-state index contributed by atoms with van der Waals surface area (Å²) in [7, 11) is 0. The molecule has 1 aromatic rings. The van der Waals surface area contributed by atoms with Crippen LogP contribution in [0.4, 0.5) is 5.13 Å². The molecule has 2 heterocycles. The van der Waals surface area contributed by atoms with Gasteiger partial charge in [-0.3, -0.25) is 14.9 Å². The molecule has 2 aliphatic rings. The number of esters is 1. The van der Waals surface area contributed by atoms with E-state index in [9.17, 15) is 9.59 Å². The Kier molecular flexibility index (Phi) is 7.92. The molecule has 2 fully saturated rings. The van der Waals surface area contributed by atoms with Gasteiger partial charge in [0.25, 0.3) is 0 Å². The Balaban J connectivity index is 0.00000225. The maximum atomic E-state index is 12.4. The number of carbonyl (C=O) groups is 2. The van der Waals surface area contributed by atoms with Gasteiger partial charge < -0.3 is 10.1 Å². The molecule has 1 aromatic heterocycles. The number of hydrogen-bond acceptors (Lipinski definition) is 8. The highest BCUT2D eigenvalue weighted by atomic mass is 35.5. The van der Waals surface area contributed by atoms with Crippen molar-refractivity contribution >= 4 is 52.5 Å². The second-order valence-corrected chi connectivity index (χ2v) is 8.26. The summed E-state index contributed by atoms with van der Waals surface area (Å²) in [5.41, 5.74) is 0. The van der Waals surface area contributed by atoms with Crippen LogP contribution in [0.15, 0.2) is 4.34 Å². The van der Waals surface area contributed by atoms with Crippen LogP contribution < -0.4 is 10.6 Å². The van der Waals surface area contributed by atoms with E-state index < -0.39 is 0 Å². The maximum Gasteiger partial charge on any atom is 0.316 e. The van der Waals surface area contributed by atoms with Crippen LogP contribution >= 0.6 is 35.5 Å². The molecule has 1 aliphatic carbocycles. The third-order valence-electron chi connectivity index (χ3n) is 4.43. The molecular weight excluding hydrogens is 384 g/mol. The predicted molar refractivity (Wildman–Crippen MR) is 100 cm³/mol. The van der Waals surface area contributed by atoms with Gasteiger partial charge in [0.05, 0.1) is 18.4 Å². The summed E-state index contributed by atoms with van der Waals surface area (Å²) >= 11 is 2.55. The number of nitrogens with one attached hydrogen (secondary N) is 2. The second-order valence-electron chi connectivity index (χ2n) is 6.06. The first-order valence-corrected chi connectivity index (χ1v) is 10.1. The van der Waals surface area contributed by atoms with Gasteiger partial charge in [-0.05, 0) is 32.1 Å². The average Bonchev–Trinajstić information content (AvgIpc) is 3.19. The molecule has 1 amide bonds. The minimum atomic E-state index is -0.277. The number of aromatic nitrogens is 2. The summed E-state index contributed by atoms with van der Waals surface area (Å²) in [5, 5.41) is 14.7. The number of halogens is 1. The summed E-state index contributed by atoms with van der Waals surface area (Å²) in [5.74, 6) is 0.507. The molecule has 7 nitrogen and oxygen atoms in total. The van der Waals surface area contributed by atoms with E-state index in [1.807, 2.05) is 0 Å². The van der Waals surface area contributed by atoms with Crippen molar-refractivity contribution in [1.29, 1.82) is 0 Å². The van der Waals surface area contributed by atoms with Gasteiger partial charge >= 0.3 is 5.97 Å². The molecule has 0 aromatic carbocycles. The SMILES string of the molecule is CCOC(=O)CSc1nnc(NC(=O)C2CC3CCCCC3N2)s1.Cl. The van der Waals surface area contributed by atoms with E-state index in [-0.39, 0.29) is 36.1 Å². The van der Waals surface area contributed by atoms with Crippen LogP contribution in [0.25, 0.3) is 0 Å². The first kappa shape index (κ1) is 20.4. The topological polar surface area (TPSA) is 93.2 Å². The van der Waals surface area contributed by atoms with E-state index in [0.29, 0.717) is 28.0 Å². The Bertz CT molecular complexity index is 587. The van der Waals surface area contributed by atoms with Gasteiger partial charge in [0.15, 0.2) is 4.34 Å². The zero-order valence-electron chi connectivity index (χ0n) is 14.0. The van der Waals surface area contributed by atoms with Crippen LogP contribution in [0.5, 0.6) is 0 Å². The Morgan fingerprint density at radius 3 is 2.92 bits per heavy atom. The molecule has 0 bridgehead atoms.